The summed E-state index contributed by atoms with van der Waals surface area (Å²) in [6, 6.07) is 11.0. The van der Waals surface area contributed by atoms with Crippen LogP contribution in [0.25, 0.3) is 11.3 Å². The van der Waals surface area contributed by atoms with E-state index in [1.54, 1.807) is 36.9 Å². The summed E-state index contributed by atoms with van der Waals surface area (Å²) in [6.07, 6.45) is 0.976. The van der Waals surface area contributed by atoms with Crippen molar-refractivity contribution in [1.82, 2.24) is 9.78 Å². The minimum absolute atomic E-state index is 0.00959. The van der Waals surface area contributed by atoms with Crippen molar-refractivity contribution >= 4 is 57.6 Å². The molecular weight excluding hydrogens is 467 g/mol. The van der Waals surface area contributed by atoms with E-state index in [1.807, 2.05) is 18.2 Å². The number of aromatic hydroxyl groups is 1. The van der Waals surface area contributed by atoms with E-state index in [0.29, 0.717) is 52.1 Å². The summed E-state index contributed by atoms with van der Waals surface area (Å²) < 4.78 is 1.58. The van der Waals surface area contributed by atoms with Crippen molar-refractivity contribution in [2.24, 2.45) is 12.0 Å². The first kappa shape index (κ1) is 22.5. The maximum atomic E-state index is 11.5. The monoisotopic (exact) mass is 486 g/mol. The largest absolute Gasteiger partial charge is 0.504 e. The Morgan fingerprint density at radius 1 is 1.25 bits per heavy atom. The molecule has 0 aliphatic carbocycles. The van der Waals surface area contributed by atoms with Gasteiger partial charge in [0.15, 0.2) is 5.75 Å². The normalized spacial score (nSPS) is 13.2. The number of nitrogens with zero attached hydrogens (tertiary/aromatic N) is 3. The number of aliphatic imine (C=N–C) groups is 1. The SMILES string of the molecule is CC(=NCC(=S)Cc1ccc2c(c1)CC(=O)N2)c1nn(C)c(-c2ccc(Cl)c(Cl)c2)c1O. The lowest BCUT2D eigenvalue weighted by Crippen LogP contribution is -2.07. The lowest BCUT2D eigenvalue weighted by molar-refractivity contribution is -0.115. The average molecular weight is 487 g/mol. The van der Waals surface area contributed by atoms with Crippen LogP contribution < -0.4 is 5.32 Å². The fourth-order valence-electron chi connectivity index (χ4n) is 3.68. The molecule has 1 aliphatic rings. The molecule has 2 aromatic carbocycles. The molecule has 1 amide bonds. The molecule has 0 fully saturated rings. The number of hydrogen-bond donors (Lipinski definition) is 2. The van der Waals surface area contributed by atoms with Crippen LogP contribution in [0.3, 0.4) is 0 Å². The molecule has 0 unspecified atom stereocenters. The van der Waals surface area contributed by atoms with Crippen molar-refractivity contribution in [1.29, 1.82) is 0 Å². The molecule has 1 aromatic heterocycles. The summed E-state index contributed by atoms with van der Waals surface area (Å²) in [5.41, 5.74) is 5.09. The van der Waals surface area contributed by atoms with Gasteiger partial charge in [-0.05, 0) is 36.2 Å². The van der Waals surface area contributed by atoms with Gasteiger partial charge in [-0.25, -0.2) is 0 Å². The van der Waals surface area contributed by atoms with E-state index in [0.717, 1.165) is 21.7 Å². The summed E-state index contributed by atoms with van der Waals surface area (Å²) >= 11 is 17.6. The summed E-state index contributed by atoms with van der Waals surface area (Å²) in [5.74, 6) is 0.0317. The van der Waals surface area contributed by atoms with Gasteiger partial charge in [-0.1, -0.05) is 53.6 Å². The number of aryl methyl sites for hydroxylation is 1. The molecule has 6 nitrogen and oxygen atoms in total. The Morgan fingerprint density at radius 3 is 2.78 bits per heavy atom. The molecule has 0 spiro atoms. The standard InChI is InChI=1S/C23H20Cl2N4O2S/c1-12(21-23(31)22(29(2)28-21)14-4-5-17(24)18(25)9-14)26-11-16(32)8-13-3-6-19-15(7-13)10-20(30)27-19/h3-7,9,31H,8,10-11H2,1-2H3,(H,27,30). The molecule has 9 heteroatoms. The first-order chi connectivity index (χ1) is 15.2. The van der Waals surface area contributed by atoms with Crippen LogP contribution in [0.15, 0.2) is 41.4 Å². The lowest BCUT2D eigenvalue weighted by atomic mass is 10.0. The quantitative estimate of drug-likeness (QED) is 0.378. The van der Waals surface area contributed by atoms with Crippen molar-refractivity contribution < 1.29 is 9.90 Å². The number of amides is 1. The van der Waals surface area contributed by atoms with Gasteiger partial charge < -0.3 is 10.4 Å². The van der Waals surface area contributed by atoms with Gasteiger partial charge in [0.05, 0.1) is 28.7 Å². The summed E-state index contributed by atoms with van der Waals surface area (Å²) in [5, 5.41) is 18.9. The van der Waals surface area contributed by atoms with E-state index in [9.17, 15) is 9.90 Å². The van der Waals surface area contributed by atoms with Crippen molar-refractivity contribution in [2.45, 2.75) is 19.8 Å². The zero-order valence-electron chi connectivity index (χ0n) is 17.4. The average Bonchev–Trinajstić information content (AvgIpc) is 3.26. The Labute approximate surface area is 200 Å². The van der Waals surface area contributed by atoms with E-state index >= 15 is 0 Å². The van der Waals surface area contributed by atoms with Crippen molar-refractivity contribution in [3.8, 4) is 17.0 Å². The zero-order valence-corrected chi connectivity index (χ0v) is 19.8. The summed E-state index contributed by atoms with van der Waals surface area (Å²) in [6.45, 7) is 2.11. The number of hydrogen-bond acceptors (Lipinski definition) is 5. The van der Waals surface area contributed by atoms with Crippen LogP contribution in [0.1, 0.15) is 23.7 Å². The van der Waals surface area contributed by atoms with Crippen molar-refractivity contribution in [3.63, 3.8) is 0 Å². The van der Waals surface area contributed by atoms with Gasteiger partial charge >= 0.3 is 0 Å². The third-order valence-electron chi connectivity index (χ3n) is 5.25. The Morgan fingerprint density at radius 2 is 2.03 bits per heavy atom. The van der Waals surface area contributed by atoms with Crippen LogP contribution >= 0.6 is 35.4 Å². The smallest absolute Gasteiger partial charge is 0.228 e. The first-order valence-electron chi connectivity index (χ1n) is 9.89. The maximum Gasteiger partial charge on any atom is 0.228 e. The molecule has 0 saturated carbocycles. The van der Waals surface area contributed by atoms with Crippen molar-refractivity contribution in [2.75, 3.05) is 11.9 Å². The number of thiocarbonyl (C=S) groups is 1. The number of carbonyl (C=O) groups is 1. The Bertz CT molecular complexity index is 1280. The molecular formula is C23H20Cl2N4O2S. The molecule has 164 valence electrons. The van der Waals surface area contributed by atoms with Crippen LogP contribution in [-0.4, -0.2) is 37.9 Å². The number of rotatable bonds is 6. The predicted octanol–water partition coefficient (Wildman–Crippen LogP) is 5.02. The Kier molecular flexibility index (Phi) is 6.33. The van der Waals surface area contributed by atoms with Crippen LogP contribution in [-0.2, 0) is 24.7 Å². The van der Waals surface area contributed by atoms with E-state index in [1.165, 1.54) is 0 Å². The molecule has 0 radical (unpaired) electrons. The van der Waals surface area contributed by atoms with E-state index in [-0.39, 0.29) is 11.7 Å². The molecule has 3 aromatic rings. The number of halogens is 2. The maximum absolute atomic E-state index is 11.5. The summed E-state index contributed by atoms with van der Waals surface area (Å²) in [4.78, 5) is 16.8. The van der Waals surface area contributed by atoms with Gasteiger partial charge in [0.25, 0.3) is 0 Å². The van der Waals surface area contributed by atoms with E-state index < -0.39 is 0 Å². The third kappa shape index (κ3) is 4.55. The Balaban J connectivity index is 1.48. The second-order valence-corrected chi connectivity index (χ2v) is 9.02. The predicted molar refractivity (Wildman–Crippen MR) is 132 cm³/mol. The molecule has 2 N–H and O–H groups in total. The number of nitrogens with one attached hydrogen (secondary N) is 1. The van der Waals surface area contributed by atoms with Gasteiger partial charge in [-0.15, -0.1) is 0 Å². The number of carbonyl (C=O) groups excluding carboxylic acids is 1. The van der Waals surface area contributed by atoms with Gasteiger partial charge in [0.1, 0.15) is 11.4 Å². The van der Waals surface area contributed by atoms with Gasteiger partial charge in [-0.3, -0.25) is 14.5 Å². The summed E-state index contributed by atoms with van der Waals surface area (Å²) in [7, 11) is 1.74. The Hall–Kier alpha value is -2.74. The zero-order chi connectivity index (χ0) is 23.0. The molecule has 0 bridgehead atoms. The van der Waals surface area contributed by atoms with Gasteiger partial charge in [0.2, 0.25) is 5.91 Å². The highest BCUT2D eigenvalue weighted by Crippen LogP contribution is 2.35. The second kappa shape index (κ2) is 9.02. The minimum Gasteiger partial charge on any atom is -0.504 e. The second-order valence-electron chi connectivity index (χ2n) is 7.63. The first-order valence-corrected chi connectivity index (χ1v) is 11.1. The highest BCUT2D eigenvalue weighted by Gasteiger charge is 2.20. The van der Waals surface area contributed by atoms with E-state index in [4.69, 9.17) is 35.4 Å². The molecule has 1 aliphatic heterocycles. The molecule has 0 atom stereocenters. The van der Waals surface area contributed by atoms with Crippen LogP contribution in [0.5, 0.6) is 5.75 Å². The molecule has 2 heterocycles. The topological polar surface area (TPSA) is 79.5 Å². The van der Waals surface area contributed by atoms with Crippen LogP contribution in [0, 0.1) is 0 Å². The number of aromatic nitrogens is 2. The van der Waals surface area contributed by atoms with Crippen LogP contribution in [0.4, 0.5) is 5.69 Å². The van der Waals surface area contributed by atoms with E-state index in [2.05, 4.69) is 15.4 Å². The molecule has 4 rings (SSSR count). The molecule has 0 saturated heterocycles. The highest BCUT2D eigenvalue weighted by atomic mass is 35.5. The lowest BCUT2D eigenvalue weighted by Gasteiger charge is -2.05. The van der Waals surface area contributed by atoms with Gasteiger partial charge in [0, 0.05) is 29.6 Å². The number of anilines is 1. The van der Waals surface area contributed by atoms with Crippen molar-refractivity contribution in [3.05, 3.63) is 63.3 Å². The molecule has 32 heavy (non-hydrogen) atoms. The highest BCUT2D eigenvalue weighted by molar-refractivity contribution is 7.80. The number of benzene rings is 2. The third-order valence-corrected chi connectivity index (χ3v) is 6.26. The fraction of sp³-hybridized carbons (Fsp3) is 0.217. The van der Waals surface area contributed by atoms with Crippen LogP contribution in [0.2, 0.25) is 10.0 Å². The minimum atomic E-state index is 0.00959. The van der Waals surface area contributed by atoms with Gasteiger partial charge in [-0.2, -0.15) is 5.10 Å². The number of fused-ring (bicyclic) bond motifs is 1. The fourth-order valence-corrected chi connectivity index (χ4v) is 4.21.